The monoisotopic (exact) mass is 316 g/mol. The van der Waals surface area contributed by atoms with Crippen molar-refractivity contribution in [3.05, 3.63) is 26.8 Å². The van der Waals surface area contributed by atoms with E-state index in [4.69, 9.17) is 4.74 Å². The zero-order valence-electron chi connectivity index (χ0n) is 11.0. The molecule has 18 heavy (non-hydrogen) atoms. The smallest absolute Gasteiger partial charge is 0.308 e. The molecule has 0 amide bonds. The molecule has 0 fully saturated rings. The summed E-state index contributed by atoms with van der Waals surface area (Å²) < 4.78 is 6.98. The summed E-state index contributed by atoms with van der Waals surface area (Å²) in [6, 6.07) is 0. The minimum Gasteiger partial charge on any atom is -0.460 e. The van der Waals surface area contributed by atoms with E-state index in [0.29, 0.717) is 10.2 Å². The maximum absolute atomic E-state index is 11.8. The lowest BCUT2D eigenvalue weighted by atomic mass is 10.2. The molecular weight excluding hydrogens is 300 g/mol. The highest BCUT2D eigenvalue weighted by molar-refractivity contribution is 9.10. The number of hydrogen-bond donors (Lipinski definition) is 0. The van der Waals surface area contributed by atoms with E-state index in [1.165, 1.54) is 10.9 Å². The van der Waals surface area contributed by atoms with Gasteiger partial charge in [-0.25, -0.2) is 4.98 Å². The molecule has 1 aromatic rings. The van der Waals surface area contributed by atoms with E-state index in [2.05, 4.69) is 20.9 Å². The zero-order chi connectivity index (χ0) is 13.9. The predicted octanol–water partition coefficient (Wildman–Crippen LogP) is 2.05. The number of rotatable bonds is 3. The number of halogens is 1. The number of aromatic nitrogens is 2. The van der Waals surface area contributed by atoms with Crippen molar-refractivity contribution in [2.24, 2.45) is 0 Å². The lowest BCUT2D eigenvalue weighted by molar-refractivity contribution is -0.155. The predicted molar refractivity (Wildman–Crippen MR) is 71.4 cm³/mol. The van der Waals surface area contributed by atoms with Crippen molar-refractivity contribution in [2.45, 2.75) is 46.3 Å². The van der Waals surface area contributed by atoms with Crippen molar-refractivity contribution in [2.75, 3.05) is 0 Å². The minimum atomic E-state index is -0.506. The summed E-state index contributed by atoms with van der Waals surface area (Å²) in [5, 5.41) is 0. The Morgan fingerprint density at radius 3 is 2.67 bits per heavy atom. The Balaban J connectivity index is 2.68. The second kappa shape index (κ2) is 5.65. The average molecular weight is 317 g/mol. The van der Waals surface area contributed by atoms with Gasteiger partial charge in [0.2, 0.25) is 0 Å². The molecule has 0 spiro atoms. The number of ether oxygens (including phenoxy) is 1. The first-order chi connectivity index (χ1) is 8.20. The molecule has 0 radical (unpaired) electrons. The van der Waals surface area contributed by atoms with Crippen LogP contribution in [-0.2, 0) is 16.1 Å². The fraction of sp³-hybridized carbons (Fsp3) is 0.583. The Kier molecular flexibility index (Phi) is 4.67. The topological polar surface area (TPSA) is 61.2 Å². The molecule has 0 bridgehead atoms. The van der Waals surface area contributed by atoms with Gasteiger partial charge in [0.1, 0.15) is 10.1 Å². The first kappa shape index (κ1) is 14.9. The van der Waals surface area contributed by atoms with Crippen LogP contribution < -0.4 is 5.56 Å². The first-order valence-electron chi connectivity index (χ1n) is 5.64. The lowest BCUT2D eigenvalue weighted by Crippen LogP contribution is -2.27. The zero-order valence-corrected chi connectivity index (χ0v) is 12.6. The summed E-state index contributed by atoms with van der Waals surface area (Å²) in [7, 11) is 0. The highest BCUT2D eigenvalue weighted by Gasteiger charge is 2.16. The third-order valence-corrected chi connectivity index (χ3v) is 3.05. The third-order valence-electron chi connectivity index (χ3n) is 2.13. The summed E-state index contributed by atoms with van der Waals surface area (Å²) in [6.07, 6.45) is 1.58. The lowest BCUT2D eigenvalue weighted by Gasteiger charge is -2.19. The van der Waals surface area contributed by atoms with Gasteiger partial charge >= 0.3 is 5.97 Å². The molecule has 0 saturated heterocycles. The third kappa shape index (κ3) is 4.25. The Bertz CT molecular complexity index is 503. The number of carbonyl (C=O) groups is 1. The largest absolute Gasteiger partial charge is 0.460 e. The van der Waals surface area contributed by atoms with E-state index < -0.39 is 5.60 Å². The molecule has 1 heterocycles. The van der Waals surface area contributed by atoms with Crippen molar-refractivity contribution < 1.29 is 9.53 Å². The van der Waals surface area contributed by atoms with Crippen LogP contribution in [-0.4, -0.2) is 21.1 Å². The maximum atomic E-state index is 11.8. The maximum Gasteiger partial charge on any atom is 0.308 e. The van der Waals surface area contributed by atoms with Crippen LogP contribution in [0.1, 0.15) is 32.9 Å². The van der Waals surface area contributed by atoms with Crippen LogP contribution in [0, 0.1) is 6.92 Å². The second-order valence-electron chi connectivity index (χ2n) is 4.98. The van der Waals surface area contributed by atoms with Crippen molar-refractivity contribution in [1.82, 2.24) is 9.55 Å². The number of hydrogen-bond acceptors (Lipinski definition) is 4. The summed E-state index contributed by atoms with van der Waals surface area (Å²) in [6.45, 7) is 7.42. The van der Waals surface area contributed by atoms with Crippen LogP contribution in [0.4, 0.5) is 0 Å². The first-order valence-corrected chi connectivity index (χ1v) is 6.43. The van der Waals surface area contributed by atoms with Crippen LogP contribution in [0.5, 0.6) is 0 Å². The van der Waals surface area contributed by atoms with Crippen LogP contribution in [0.25, 0.3) is 0 Å². The van der Waals surface area contributed by atoms with Gasteiger partial charge in [0.25, 0.3) is 5.56 Å². The van der Waals surface area contributed by atoms with Gasteiger partial charge in [-0.15, -0.1) is 0 Å². The van der Waals surface area contributed by atoms with E-state index in [-0.39, 0.29) is 24.5 Å². The van der Waals surface area contributed by atoms with Gasteiger partial charge in [-0.1, -0.05) is 0 Å². The number of carbonyl (C=O) groups excluding carboxylic acids is 1. The molecule has 5 nitrogen and oxygen atoms in total. The van der Waals surface area contributed by atoms with Crippen LogP contribution in [0.2, 0.25) is 0 Å². The highest BCUT2D eigenvalue weighted by atomic mass is 79.9. The van der Waals surface area contributed by atoms with Crippen LogP contribution in [0.3, 0.4) is 0 Å². The van der Waals surface area contributed by atoms with E-state index >= 15 is 0 Å². The highest BCUT2D eigenvalue weighted by Crippen LogP contribution is 2.09. The second-order valence-corrected chi connectivity index (χ2v) is 5.77. The molecule has 0 unspecified atom stereocenters. The molecule has 100 valence electrons. The van der Waals surface area contributed by atoms with Crippen molar-refractivity contribution in [3.8, 4) is 0 Å². The van der Waals surface area contributed by atoms with Crippen molar-refractivity contribution >= 4 is 21.9 Å². The van der Waals surface area contributed by atoms with Gasteiger partial charge in [0.15, 0.2) is 0 Å². The number of nitrogens with zero attached hydrogens (tertiary/aromatic N) is 2. The number of aryl methyl sites for hydroxylation is 2. The van der Waals surface area contributed by atoms with Crippen molar-refractivity contribution in [1.29, 1.82) is 0 Å². The van der Waals surface area contributed by atoms with Gasteiger partial charge in [0, 0.05) is 6.54 Å². The summed E-state index contributed by atoms with van der Waals surface area (Å²) in [5.74, 6) is -0.328. The summed E-state index contributed by atoms with van der Waals surface area (Å²) >= 11 is 3.17. The van der Waals surface area contributed by atoms with Crippen LogP contribution in [0.15, 0.2) is 15.6 Å². The quantitative estimate of drug-likeness (QED) is 0.801. The molecule has 1 rings (SSSR count). The van der Waals surface area contributed by atoms with E-state index in [9.17, 15) is 9.59 Å². The summed E-state index contributed by atoms with van der Waals surface area (Å²) in [4.78, 5) is 27.4. The van der Waals surface area contributed by atoms with Crippen LogP contribution >= 0.6 is 15.9 Å². The van der Waals surface area contributed by atoms with Gasteiger partial charge in [-0.05, 0) is 43.6 Å². The average Bonchev–Trinajstić information content (AvgIpc) is 2.22. The molecule has 1 aromatic heterocycles. The number of esters is 1. The standard InChI is InChI=1S/C12H17BrN2O3/c1-8-10(13)11(17)15(7-14-8)6-5-9(16)18-12(2,3)4/h7H,5-6H2,1-4H3. The Hall–Kier alpha value is -1.17. The molecule has 0 aliphatic rings. The van der Waals surface area contributed by atoms with E-state index in [0.717, 1.165) is 0 Å². The molecule has 0 aromatic carbocycles. The van der Waals surface area contributed by atoms with Gasteiger partial charge in [-0.2, -0.15) is 0 Å². The SMILES string of the molecule is Cc1ncn(CCC(=O)OC(C)(C)C)c(=O)c1Br. The molecule has 0 saturated carbocycles. The van der Waals surface area contributed by atoms with Crippen molar-refractivity contribution in [3.63, 3.8) is 0 Å². The van der Waals surface area contributed by atoms with E-state index in [1.807, 2.05) is 0 Å². The Morgan fingerprint density at radius 2 is 2.11 bits per heavy atom. The Morgan fingerprint density at radius 1 is 1.50 bits per heavy atom. The molecule has 0 aliphatic carbocycles. The fourth-order valence-corrected chi connectivity index (χ4v) is 1.64. The molecule has 6 heteroatoms. The van der Waals surface area contributed by atoms with Gasteiger partial charge in [-0.3, -0.25) is 14.2 Å². The van der Waals surface area contributed by atoms with Gasteiger partial charge in [0.05, 0.1) is 18.4 Å². The molecular formula is C12H17BrN2O3. The molecule has 0 N–H and O–H groups in total. The molecule has 0 aliphatic heterocycles. The minimum absolute atomic E-state index is 0.147. The van der Waals surface area contributed by atoms with Gasteiger partial charge < -0.3 is 4.74 Å². The van der Waals surface area contributed by atoms with E-state index in [1.54, 1.807) is 27.7 Å². The fourth-order valence-electron chi connectivity index (χ4n) is 1.31. The summed E-state index contributed by atoms with van der Waals surface area (Å²) in [5.41, 5.74) is -0.0617. The normalized spacial score (nSPS) is 11.4. The molecule has 0 atom stereocenters. The Labute approximate surface area is 114 Å².